The largest absolute Gasteiger partial charge is 0.465 e. The molecule has 0 radical (unpaired) electrons. The number of nitrogens with two attached hydrogens (primary N) is 1. The van der Waals surface area contributed by atoms with Crippen LogP contribution in [0.3, 0.4) is 0 Å². The summed E-state index contributed by atoms with van der Waals surface area (Å²) in [6.07, 6.45) is 2.09. The third kappa shape index (κ3) is 4.41. The Balaban J connectivity index is 0.00000220. The van der Waals surface area contributed by atoms with E-state index in [2.05, 4.69) is 9.46 Å². The minimum atomic E-state index is -3.78. The van der Waals surface area contributed by atoms with Gasteiger partial charge in [-0.15, -0.1) is 12.4 Å². The second kappa shape index (κ2) is 7.22. The number of halogens is 1. The van der Waals surface area contributed by atoms with Crippen molar-refractivity contribution in [2.24, 2.45) is 11.7 Å². The summed E-state index contributed by atoms with van der Waals surface area (Å²) in [4.78, 5) is 11.5. The Kier molecular flexibility index (Phi) is 6.15. The van der Waals surface area contributed by atoms with E-state index in [1.165, 1.54) is 19.2 Å². The molecule has 1 aliphatic carbocycles. The maximum atomic E-state index is 12.2. The van der Waals surface area contributed by atoms with Crippen LogP contribution in [0.5, 0.6) is 0 Å². The molecule has 3 N–H and O–H groups in total. The normalized spacial score (nSPS) is 15.9. The van der Waals surface area contributed by atoms with Gasteiger partial charge in [0.25, 0.3) is 0 Å². The molecule has 2 rings (SSSR count). The van der Waals surface area contributed by atoms with Crippen molar-refractivity contribution in [1.82, 2.24) is 4.72 Å². The first-order valence-electron chi connectivity index (χ1n) is 6.38. The number of rotatable bonds is 6. The average Bonchev–Trinajstić information content (AvgIpc) is 3.28. The van der Waals surface area contributed by atoms with Crippen molar-refractivity contribution in [3.63, 3.8) is 0 Å². The molecule has 8 heteroatoms. The van der Waals surface area contributed by atoms with Crippen LogP contribution in [0, 0.1) is 5.92 Å². The van der Waals surface area contributed by atoms with Gasteiger partial charge in [0.1, 0.15) is 0 Å². The van der Waals surface area contributed by atoms with Crippen molar-refractivity contribution >= 4 is 28.4 Å². The zero-order valence-corrected chi connectivity index (χ0v) is 13.2. The number of hydrogen-bond donors (Lipinski definition) is 2. The van der Waals surface area contributed by atoms with Crippen LogP contribution in [0.15, 0.2) is 29.2 Å². The summed E-state index contributed by atoms with van der Waals surface area (Å²) in [6.45, 7) is 0.169. The van der Waals surface area contributed by atoms with Crippen molar-refractivity contribution in [3.05, 3.63) is 29.8 Å². The number of esters is 1. The maximum Gasteiger partial charge on any atom is 0.339 e. The second-order valence-corrected chi connectivity index (χ2v) is 6.58. The molecule has 6 nitrogen and oxygen atoms in total. The van der Waals surface area contributed by atoms with Gasteiger partial charge in [0.2, 0.25) is 10.0 Å². The minimum absolute atomic E-state index is 0. The van der Waals surface area contributed by atoms with Crippen LogP contribution in [0.1, 0.15) is 23.2 Å². The molecular weight excluding hydrogens is 316 g/mol. The first-order valence-corrected chi connectivity index (χ1v) is 7.86. The summed E-state index contributed by atoms with van der Waals surface area (Å²) in [5.41, 5.74) is 5.89. The van der Waals surface area contributed by atoms with Crippen LogP contribution in [-0.4, -0.2) is 34.1 Å². The predicted molar refractivity (Wildman–Crippen MR) is 80.9 cm³/mol. The Morgan fingerprint density at radius 1 is 1.43 bits per heavy atom. The van der Waals surface area contributed by atoms with E-state index >= 15 is 0 Å². The number of hydrogen-bond acceptors (Lipinski definition) is 5. The fourth-order valence-electron chi connectivity index (χ4n) is 1.95. The molecule has 1 fully saturated rings. The fraction of sp³-hybridized carbons (Fsp3) is 0.462. The highest BCUT2D eigenvalue weighted by molar-refractivity contribution is 7.89. The SMILES string of the molecule is COC(=O)c1ccccc1S(=O)(=O)NCC(N)C1CC1.Cl. The van der Waals surface area contributed by atoms with Gasteiger partial charge in [-0.25, -0.2) is 17.9 Å². The van der Waals surface area contributed by atoms with E-state index in [4.69, 9.17) is 5.73 Å². The molecule has 1 aromatic carbocycles. The lowest BCUT2D eigenvalue weighted by Crippen LogP contribution is -2.38. The summed E-state index contributed by atoms with van der Waals surface area (Å²) in [5.74, 6) is -0.286. The van der Waals surface area contributed by atoms with Crippen molar-refractivity contribution in [2.45, 2.75) is 23.8 Å². The van der Waals surface area contributed by atoms with E-state index in [1.807, 2.05) is 0 Å². The molecule has 0 bridgehead atoms. The van der Waals surface area contributed by atoms with Crippen molar-refractivity contribution < 1.29 is 17.9 Å². The number of nitrogens with one attached hydrogen (secondary N) is 1. The zero-order chi connectivity index (χ0) is 14.8. The zero-order valence-electron chi connectivity index (χ0n) is 11.6. The van der Waals surface area contributed by atoms with Crippen LogP contribution >= 0.6 is 12.4 Å². The van der Waals surface area contributed by atoms with Crippen LogP contribution in [0.25, 0.3) is 0 Å². The van der Waals surface area contributed by atoms with E-state index in [0.29, 0.717) is 5.92 Å². The van der Waals surface area contributed by atoms with Gasteiger partial charge in [-0.2, -0.15) is 0 Å². The van der Waals surface area contributed by atoms with Crippen molar-refractivity contribution in [1.29, 1.82) is 0 Å². The highest BCUT2D eigenvalue weighted by Crippen LogP contribution is 2.31. The number of sulfonamides is 1. The smallest absolute Gasteiger partial charge is 0.339 e. The van der Waals surface area contributed by atoms with Crippen LogP contribution in [0.4, 0.5) is 0 Å². The van der Waals surface area contributed by atoms with Crippen LogP contribution < -0.4 is 10.5 Å². The van der Waals surface area contributed by atoms with Gasteiger partial charge < -0.3 is 10.5 Å². The molecule has 1 aliphatic rings. The maximum absolute atomic E-state index is 12.2. The molecule has 0 spiro atoms. The van der Waals surface area contributed by atoms with E-state index in [9.17, 15) is 13.2 Å². The Bertz CT molecular complexity index is 602. The monoisotopic (exact) mass is 334 g/mol. The van der Waals surface area contributed by atoms with Crippen LogP contribution in [-0.2, 0) is 14.8 Å². The molecular formula is C13H19ClN2O4S. The predicted octanol–water partition coefficient (Wildman–Crippen LogP) is 0.911. The summed E-state index contributed by atoms with van der Waals surface area (Å²) < 4.78 is 31.5. The quantitative estimate of drug-likeness (QED) is 0.753. The lowest BCUT2D eigenvalue weighted by atomic mass is 10.2. The van der Waals surface area contributed by atoms with E-state index in [1.54, 1.807) is 12.1 Å². The summed E-state index contributed by atoms with van der Waals surface area (Å²) in [7, 11) is -2.57. The number of methoxy groups -OCH3 is 1. The van der Waals surface area contributed by atoms with Gasteiger partial charge in [0.05, 0.1) is 17.6 Å². The Morgan fingerprint density at radius 3 is 2.62 bits per heavy atom. The lowest BCUT2D eigenvalue weighted by molar-refractivity contribution is 0.0596. The molecule has 0 amide bonds. The summed E-state index contributed by atoms with van der Waals surface area (Å²) in [6, 6.07) is 5.75. The Hall–Kier alpha value is -1.15. The number of ether oxygens (including phenoxy) is 1. The molecule has 0 saturated heterocycles. The van der Waals surface area contributed by atoms with Gasteiger partial charge in [-0.3, -0.25) is 0 Å². The standard InChI is InChI=1S/C13H18N2O4S.ClH/c1-19-13(16)10-4-2-3-5-12(10)20(17,18)15-8-11(14)9-6-7-9;/h2-5,9,11,15H,6-8,14H2,1H3;1H. The molecule has 0 heterocycles. The van der Waals surface area contributed by atoms with Gasteiger partial charge >= 0.3 is 5.97 Å². The first-order chi connectivity index (χ1) is 9.45. The minimum Gasteiger partial charge on any atom is -0.465 e. The molecule has 21 heavy (non-hydrogen) atoms. The average molecular weight is 335 g/mol. The van der Waals surface area contributed by atoms with Crippen molar-refractivity contribution in [3.8, 4) is 0 Å². The molecule has 0 aliphatic heterocycles. The number of carbonyl (C=O) groups excluding carboxylic acids is 1. The van der Waals surface area contributed by atoms with Gasteiger partial charge in [-0.1, -0.05) is 12.1 Å². The first kappa shape index (κ1) is 17.9. The molecule has 118 valence electrons. The lowest BCUT2D eigenvalue weighted by Gasteiger charge is -2.13. The van der Waals surface area contributed by atoms with Gasteiger partial charge in [-0.05, 0) is 30.9 Å². The molecule has 1 aromatic rings. The summed E-state index contributed by atoms with van der Waals surface area (Å²) in [5, 5.41) is 0. The highest BCUT2D eigenvalue weighted by Gasteiger charge is 2.30. The molecule has 1 saturated carbocycles. The molecule has 1 atom stereocenters. The van der Waals surface area contributed by atoms with E-state index in [-0.39, 0.29) is 35.5 Å². The molecule has 1 unspecified atom stereocenters. The second-order valence-electron chi connectivity index (χ2n) is 4.84. The number of carbonyl (C=O) groups is 1. The van der Waals surface area contributed by atoms with Gasteiger partial charge in [0.15, 0.2) is 0 Å². The van der Waals surface area contributed by atoms with Crippen molar-refractivity contribution in [2.75, 3.05) is 13.7 Å². The topological polar surface area (TPSA) is 98.5 Å². The Morgan fingerprint density at radius 2 is 2.05 bits per heavy atom. The van der Waals surface area contributed by atoms with E-state index in [0.717, 1.165) is 12.8 Å². The van der Waals surface area contributed by atoms with Gasteiger partial charge in [0, 0.05) is 12.6 Å². The molecule has 0 aromatic heterocycles. The fourth-order valence-corrected chi connectivity index (χ4v) is 3.22. The third-order valence-electron chi connectivity index (χ3n) is 3.32. The Labute approximate surface area is 130 Å². The van der Waals surface area contributed by atoms with E-state index < -0.39 is 16.0 Å². The highest BCUT2D eigenvalue weighted by atomic mass is 35.5. The number of benzene rings is 1. The third-order valence-corrected chi connectivity index (χ3v) is 4.80. The summed E-state index contributed by atoms with van der Waals surface area (Å²) >= 11 is 0. The van der Waals surface area contributed by atoms with Crippen LogP contribution in [0.2, 0.25) is 0 Å².